The molecule has 0 aliphatic carbocycles. The van der Waals surface area contributed by atoms with Gasteiger partial charge in [-0.1, -0.05) is 60.5 Å². The van der Waals surface area contributed by atoms with Crippen molar-refractivity contribution in [2.45, 2.75) is 6.92 Å². The number of hydrogen-bond acceptors (Lipinski definition) is 0. The highest BCUT2D eigenvalue weighted by Crippen LogP contribution is 2.54. The van der Waals surface area contributed by atoms with Crippen molar-refractivity contribution in [3.8, 4) is 11.6 Å². The van der Waals surface area contributed by atoms with Crippen LogP contribution < -0.4 is 15.9 Å². The maximum Gasteiger partial charge on any atom is 0.189 e. The van der Waals surface area contributed by atoms with Crippen molar-refractivity contribution < 1.29 is 0 Å². The maximum absolute atomic E-state index is 3.61. The van der Waals surface area contributed by atoms with Gasteiger partial charge >= 0.3 is 0 Å². The molecule has 0 fully saturated rings. The molecular formula is C21H18P+. The van der Waals surface area contributed by atoms with Crippen molar-refractivity contribution in [3.05, 3.63) is 91.0 Å². The largest absolute Gasteiger partial charge is 0.189 e. The molecule has 0 saturated heterocycles. The SMILES string of the molecule is CC#C[P+](c1ccccc1)(c1ccccc1)c1ccccc1. The van der Waals surface area contributed by atoms with Crippen LogP contribution in [0.2, 0.25) is 0 Å². The molecule has 0 aromatic heterocycles. The molecule has 1 heteroatoms. The molecule has 0 spiro atoms. The van der Waals surface area contributed by atoms with Gasteiger partial charge in [0.2, 0.25) is 0 Å². The topological polar surface area (TPSA) is 0 Å². The van der Waals surface area contributed by atoms with Crippen LogP contribution in [0, 0.1) is 11.6 Å². The lowest BCUT2D eigenvalue weighted by Gasteiger charge is -2.21. The van der Waals surface area contributed by atoms with E-state index in [0.717, 1.165) is 0 Å². The second-order valence-electron chi connectivity index (χ2n) is 5.04. The summed E-state index contributed by atoms with van der Waals surface area (Å²) in [6.45, 7) is 1.93. The molecular weight excluding hydrogens is 283 g/mol. The molecule has 0 aliphatic rings. The predicted molar refractivity (Wildman–Crippen MR) is 98.6 cm³/mol. The second-order valence-corrected chi connectivity index (χ2v) is 8.15. The molecule has 0 radical (unpaired) electrons. The lowest BCUT2D eigenvalue weighted by atomic mass is 10.4. The van der Waals surface area contributed by atoms with Crippen LogP contribution in [0.5, 0.6) is 0 Å². The Morgan fingerprint density at radius 1 is 0.545 bits per heavy atom. The summed E-state index contributed by atoms with van der Waals surface area (Å²) in [5, 5.41) is 3.92. The van der Waals surface area contributed by atoms with E-state index < -0.39 is 7.26 Å². The molecule has 0 aliphatic heterocycles. The summed E-state index contributed by atoms with van der Waals surface area (Å²) in [5.41, 5.74) is 3.61. The minimum Gasteiger partial charge on any atom is -0.0622 e. The third-order valence-corrected chi connectivity index (χ3v) is 7.49. The van der Waals surface area contributed by atoms with E-state index in [1.54, 1.807) is 0 Å². The zero-order valence-electron chi connectivity index (χ0n) is 12.6. The highest BCUT2D eigenvalue weighted by Gasteiger charge is 2.44. The highest BCUT2D eigenvalue weighted by atomic mass is 31.2. The summed E-state index contributed by atoms with van der Waals surface area (Å²) in [5.74, 6) is 3.20. The Morgan fingerprint density at radius 2 is 0.864 bits per heavy atom. The zero-order chi connectivity index (χ0) is 15.3. The zero-order valence-corrected chi connectivity index (χ0v) is 13.5. The summed E-state index contributed by atoms with van der Waals surface area (Å²) in [4.78, 5) is 0. The van der Waals surface area contributed by atoms with Gasteiger partial charge in [-0.3, -0.25) is 0 Å². The van der Waals surface area contributed by atoms with Gasteiger partial charge in [-0.25, -0.2) is 0 Å². The quantitative estimate of drug-likeness (QED) is 0.507. The molecule has 0 atom stereocenters. The van der Waals surface area contributed by atoms with E-state index in [1.165, 1.54) is 15.9 Å². The number of rotatable bonds is 3. The van der Waals surface area contributed by atoms with Gasteiger partial charge < -0.3 is 0 Å². The normalized spacial score (nSPS) is 10.6. The minimum atomic E-state index is -1.91. The summed E-state index contributed by atoms with van der Waals surface area (Å²) >= 11 is 0. The monoisotopic (exact) mass is 301 g/mol. The molecule has 0 saturated carbocycles. The molecule has 106 valence electrons. The van der Waals surface area contributed by atoms with Gasteiger partial charge in [-0.2, -0.15) is 0 Å². The summed E-state index contributed by atoms with van der Waals surface area (Å²) in [7, 11) is -1.91. The van der Waals surface area contributed by atoms with Gasteiger partial charge in [0.1, 0.15) is 15.9 Å². The number of benzene rings is 3. The van der Waals surface area contributed by atoms with E-state index in [4.69, 9.17) is 0 Å². The Bertz CT molecular complexity index is 684. The highest BCUT2D eigenvalue weighted by molar-refractivity contribution is 7.99. The Morgan fingerprint density at radius 3 is 1.14 bits per heavy atom. The molecule has 3 aromatic carbocycles. The average Bonchev–Trinajstić information content (AvgIpc) is 2.62. The van der Waals surface area contributed by atoms with Gasteiger partial charge in [0.15, 0.2) is 7.26 Å². The first-order valence-corrected chi connectivity index (χ1v) is 9.17. The van der Waals surface area contributed by atoms with E-state index in [1.807, 2.05) is 6.92 Å². The molecule has 22 heavy (non-hydrogen) atoms. The van der Waals surface area contributed by atoms with Crippen molar-refractivity contribution in [1.82, 2.24) is 0 Å². The Kier molecular flexibility index (Phi) is 4.38. The van der Waals surface area contributed by atoms with Crippen LogP contribution in [0.1, 0.15) is 6.92 Å². The third kappa shape index (κ3) is 2.57. The van der Waals surface area contributed by atoms with E-state index in [-0.39, 0.29) is 0 Å². The third-order valence-electron chi connectivity index (χ3n) is 3.71. The molecule has 0 nitrogen and oxygen atoms in total. The lowest BCUT2D eigenvalue weighted by Crippen LogP contribution is -2.29. The molecule has 3 aromatic rings. The molecule has 0 unspecified atom stereocenters. The van der Waals surface area contributed by atoms with Crippen molar-refractivity contribution in [1.29, 1.82) is 0 Å². The van der Waals surface area contributed by atoms with Gasteiger partial charge in [-0.15, -0.1) is 0 Å². The second kappa shape index (κ2) is 6.61. The van der Waals surface area contributed by atoms with Crippen LogP contribution >= 0.6 is 7.26 Å². The van der Waals surface area contributed by atoms with Crippen LogP contribution in [-0.4, -0.2) is 0 Å². The molecule has 3 rings (SSSR count). The summed E-state index contributed by atoms with van der Waals surface area (Å²) in [6.07, 6.45) is 0. The van der Waals surface area contributed by atoms with E-state index >= 15 is 0 Å². The van der Waals surface area contributed by atoms with Crippen LogP contribution in [0.3, 0.4) is 0 Å². The lowest BCUT2D eigenvalue weighted by molar-refractivity contribution is 1.73. The van der Waals surface area contributed by atoms with Gasteiger partial charge in [0.25, 0.3) is 0 Å². The van der Waals surface area contributed by atoms with Crippen molar-refractivity contribution >= 4 is 23.2 Å². The van der Waals surface area contributed by atoms with Crippen molar-refractivity contribution in [2.75, 3.05) is 0 Å². The van der Waals surface area contributed by atoms with Crippen LogP contribution in [0.4, 0.5) is 0 Å². The molecule has 0 amide bonds. The van der Waals surface area contributed by atoms with Crippen LogP contribution in [0.25, 0.3) is 0 Å². The van der Waals surface area contributed by atoms with Gasteiger partial charge in [0.05, 0.1) is 5.66 Å². The average molecular weight is 301 g/mol. The van der Waals surface area contributed by atoms with Gasteiger partial charge in [0, 0.05) is 6.92 Å². The van der Waals surface area contributed by atoms with E-state index in [9.17, 15) is 0 Å². The first kappa shape index (κ1) is 14.6. The van der Waals surface area contributed by atoms with Crippen molar-refractivity contribution in [3.63, 3.8) is 0 Å². The Hall–Kier alpha value is -2.35. The van der Waals surface area contributed by atoms with Crippen molar-refractivity contribution in [2.24, 2.45) is 0 Å². The maximum atomic E-state index is 3.61. The van der Waals surface area contributed by atoms with Gasteiger partial charge in [-0.05, 0) is 36.4 Å². The predicted octanol–water partition coefficient (Wildman–Crippen LogP) is 3.96. The fourth-order valence-corrected chi connectivity index (χ4v) is 6.24. The number of hydrogen-bond donors (Lipinski definition) is 0. The molecule has 0 heterocycles. The Balaban J connectivity index is 2.36. The summed E-state index contributed by atoms with van der Waals surface area (Å²) in [6, 6.07) is 32.1. The van der Waals surface area contributed by atoms with E-state index in [0.29, 0.717) is 0 Å². The standard InChI is InChI=1S/C21H18P/c1-2-18-22(19-12-6-3-7-13-19,20-14-8-4-9-15-20)21-16-10-5-11-17-21/h3-17H,1H3/q+1. The van der Waals surface area contributed by atoms with Crippen LogP contribution in [0.15, 0.2) is 91.0 Å². The summed E-state index contributed by atoms with van der Waals surface area (Å²) < 4.78 is 0. The van der Waals surface area contributed by atoms with Crippen LogP contribution in [-0.2, 0) is 0 Å². The Labute approximate surface area is 133 Å². The first-order valence-electron chi connectivity index (χ1n) is 7.38. The smallest absolute Gasteiger partial charge is 0.0622 e. The molecule has 0 N–H and O–H groups in total. The first-order chi connectivity index (χ1) is 10.9. The fourth-order valence-electron chi connectivity index (χ4n) is 2.76. The minimum absolute atomic E-state index is 1.31. The fraction of sp³-hybridized carbons (Fsp3) is 0.0476. The van der Waals surface area contributed by atoms with E-state index in [2.05, 4.69) is 103 Å². The molecule has 0 bridgehead atoms.